The van der Waals surface area contributed by atoms with E-state index in [1.807, 2.05) is 0 Å². The van der Waals surface area contributed by atoms with Gasteiger partial charge in [0.25, 0.3) is 0 Å². The zero-order valence-electron chi connectivity index (χ0n) is 12.9. The Morgan fingerprint density at radius 2 is 1.83 bits per heavy atom. The standard InChI is InChI=1S/C15H20Cl2N2O3S/c1-23(21,22)15(6-9-18-10-7-15)14(20)19-8-5-11-12(16)3-2-4-13(11)17/h2-4,18H,5-10H2,1H3,(H,19,20). The van der Waals surface area contributed by atoms with Gasteiger partial charge in [0.1, 0.15) is 0 Å². The van der Waals surface area contributed by atoms with Gasteiger partial charge in [-0.1, -0.05) is 29.3 Å². The molecule has 0 atom stereocenters. The lowest BCUT2D eigenvalue weighted by atomic mass is 9.95. The van der Waals surface area contributed by atoms with Crippen LogP contribution in [0.4, 0.5) is 0 Å². The van der Waals surface area contributed by atoms with Crippen LogP contribution in [0.1, 0.15) is 18.4 Å². The summed E-state index contributed by atoms with van der Waals surface area (Å²) in [5, 5.41) is 6.89. The third-order valence-corrected chi connectivity index (χ3v) is 6.98. The summed E-state index contributed by atoms with van der Waals surface area (Å²) in [6.07, 6.45) is 2.14. The summed E-state index contributed by atoms with van der Waals surface area (Å²) in [5.41, 5.74) is 0.745. The lowest BCUT2D eigenvalue weighted by Gasteiger charge is -2.34. The molecule has 0 bridgehead atoms. The molecule has 128 valence electrons. The Balaban J connectivity index is 2.06. The number of hydrogen-bond donors (Lipinski definition) is 2. The lowest BCUT2D eigenvalue weighted by Crippen LogP contribution is -2.57. The number of amides is 1. The molecule has 1 aliphatic heterocycles. The van der Waals surface area contributed by atoms with Gasteiger partial charge in [-0.25, -0.2) is 8.42 Å². The summed E-state index contributed by atoms with van der Waals surface area (Å²) in [6.45, 7) is 1.31. The van der Waals surface area contributed by atoms with Crippen molar-refractivity contribution < 1.29 is 13.2 Å². The van der Waals surface area contributed by atoms with Crippen molar-refractivity contribution in [3.8, 4) is 0 Å². The minimum Gasteiger partial charge on any atom is -0.354 e. The fraction of sp³-hybridized carbons (Fsp3) is 0.533. The van der Waals surface area contributed by atoms with Gasteiger partial charge in [0.15, 0.2) is 14.6 Å². The first kappa shape index (κ1) is 18.5. The van der Waals surface area contributed by atoms with Crippen LogP contribution >= 0.6 is 23.2 Å². The maximum atomic E-state index is 12.5. The average molecular weight is 379 g/mol. The zero-order valence-corrected chi connectivity index (χ0v) is 15.2. The van der Waals surface area contributed by atoms with Crippen molar-refractivity contribution >= 4 is 38.9 Å². The second-order valence-electron chi connectivity index (χ2n) is 5.72. The predicted molar refractivity (Wildman–Crippen MR) is 92.9 cm³/mol. The van der Waals surface area contributed by atoms with Gasteiger partial charge in [0, 0.05) is 22.8 Å². The van der Waals surface area contributed by atoms with Crippen molar-refractivity contribution in [1.29, 1.82) is 0 Å². The van der Waals surface area contributed by atoms with Crippen LogP contribution in [-0.4, -0.2) is 45.0 Å². The SMILES string of the molecule is CS(=O)(=O)C1(C(=O)NCCc2c(Cl)cccc2Cl)CCNCC1. The molecule has 2 N–H and O–H groups in total. The molecular weight excluding hydrogens is 359 g/mol. The molecule has 2 rings (SSSR count). The summed E-state index contributed by atoms with van der Waals surface area (Å²) in [5.74, 6) is -0.440. The second-order valence-corrected chi connectivity index (χ2v) is 8.86. The van der Waals surface area contributed by atoms with Gasteiger partial charge < -0.3 is 10.6 Å². The number of rotatable bonds is 5. The molecule has 0 aliphatic carbocycles. The van der Waals surface area contributed by atoms with Crippen molar-refractivity contribution in [1.82, 2.24) is 10.6 Å². The first-order valence-electron chi connectivity index (χ1n) is 7.39. The molecule has 1 amide bonds. The summed E-state index contributed by atoms with van der Waals surface area (Å²) >= 11 is 12.2. The van der Waals surface area contributed by atoms with Crippen molar-refractivity contribution in [3.05, 3.63) is 33.8 Å². The molecule has 1 aliphatic rings. The van der Waals surface area contributed by atoms with Crippen LogP contribution in [0.25, 0.3) is 0 Å². The van der Waals surface area contributed by atoms with Gasteiger partial charge in [-0.2, -0.15) is 0 Å². The Labute approximate surface area is 146 Å². The van der Waals surface area contributed by atoms with E-state index >= 15 is 0 Å². The molecule has 1 fully saturated rings. The molecule has 0 spiro atoms. The molecule has 0 aromatic heterocycles. The number of hydrogen-bond acceptors (Lipinski definition) is 4. The van der Waals surface area contributed by atoms with E-state index in [4.69, 9.17) is 23.2 Å². The molecule has 5 nitrogen and oxygen atoms in total. The topological polar surface area (TPSA) is 75.3 Å². The molecular formula is C15H20Cl2N2O3S. The third kappa shape index (κ3) is 3.99. The second kappa shape index (κ2) is 7.38. The molecule has 1 aromatic carbocycles. The monoisotopic (exact) mass is 378 g/mol. The van der Waals surface area contributed by atoms with E-state index < -0.39 is 20.5 Å². The Kier molecular flexibility index (Phi) is 5.94. The van der Waals surface area contributed by atoms with Crippen molar-refractivity contribution in [2.24, 2.45) is 0 Å². The first-order valence-corrected chi connectivity index (χ1v) is 10.0. The molecule has 1 heterocycles. The highest BCUT2D eigenvalue weighted by atomic mass is 35.5. The van der Waals surface area contributed by atoms with Crippen molar-refractivity contribution in [2.45, 2.75) is 24.0 Å². The maximum absolute atomic E-state index is 12.5. The van der Waals surface area contributed by atoms with Crippen LogP contribution in [0.3, 0.4) is 0 Å². The quantitative estimate of drug-likeness (QED) is 0.819. The maximum Gasteiger partial charge on any atom is 0.241 e. The number of carbonyl (C=O) groups is 1. The number of sulfone groups is 1. The molecule has 1 aromatic rings. The minimum atomic E-state index is -3.50. The van der Waals surface area contributed by atoms with Crippen LogP contribution < -0.4 is 10.6 Å². The summed E-state index contributed by atoms with van der Waals surface area (Å²) in [6, 6.07) is 5.21. The zero-order chi connectivity index (χ0) is 17.1. The average Bonchev–Trinajstić information content (AvgIpc) is 2.49. The number of halogens is 2. The molecule has 0 unspecified atom stereocenters. The number of benzene rings is 1. The van der Waals surface area contributed by atoms with Crippen LogP contribution in [-0.2, 0) is 21.1 Å². The molecule has 8 heteroatoms. The van der Waals surface area contributed by atoms with Crippen LogP contribution in [0.15, 0.2) is 18.2 Å². The largest absolute Gasteiger partial charge is 0.354 e. The third-order valence-electron chi connectivity index (χ3n) is 4.26. The van der Waals surface area contributed by atoms with Gasteiger partial charge in [0.2, 0.25) is 5.91 Å². The van der Waals surface area contributed by atoms with Gasteiger partial charge in [0.05, 0.1) is 0 Å². The van der Waals surface area contributed by atoms with Crippen LogP contribution in [0.2, 0.25) is 10.0 Å². The molecule has 1 saturated heterocycles. The highest BCUT2D eigenvalue weighted by Gasteiger charge is 2.48. The fourth-order valence-electron chi connectivity index (χ4n) is 2.83. The Morgan fingerprint density at radius 1 is 1.26 bits per heavy atom. The van der Waals surface area contributed by atoms with Crippen molar-refractivity contribution in [3.63, 3.8) is 0 Å². The van der Waals surface area contributed by atoms with E-state index in [0.29, 0.717) is 29.6 Å². The highest BCUT2D eigenvalue weighted by molar-refractivity contribution is 7.92. The van der Waals surface area contributed by atoms with E-state index in [1.54, 1.807) is 18.2 Å². The van der Waals surface area contributed by atoms with E-state index in [1.165, 1.54) is 0 Å². The summed E-state index contributed by atoms with van der Waals surface area (Å²) < 4.78 is 23.0. The normalized spacial score (nSPS) is 17.7. The van der Waals surface area contributed by atoms with Crippen LogP contribution in [0, 0.1) is 0 Å². The number of carbonyl (C=O) groups excluding carboxylic acids is 1. The van der Waals surface area contributed by atoms with E-state index in [9.17, 15) is 13.2 Å². The minimum absolute atomic E-state index is 0.282. The molecule has 0 radical (unpaired) electrons. The summed E-state index contributed by atoms with van der Waals surface area (Å²) in [4.78, 5) is 12.5. The van der Waals surface area contributed by atoms with E-state index in [0.717, 1.165) is 11.8 Å². The first-order chi connectivity index (χ1) is 10.8. The van der Waals surface area contributed by atoms with E-state index in [2.05, 4.69) is 10.6 Å². The van der Waals surface area contributed by atoms with E-state index in [-0.39, 0.29) is 19.4 Å². The number of nitrogens with one attached hydrogen (secondary N) is 2. The number of piperidine rings is 1. The van der Waals surface area contributed by atoms with Gasteiger partial charge in [-0.05, 0) is 50.0 Å². The lowest BCUT2D eigenvalue weighted by molar-refractivity contribution is -0.124. The highest BCUT2D eigenvalue weighted by Crippen LogP contribution is 2.28. The fourth-order valence-corrected chi connectivity index (χ4v) is 4.77. The smallest absolute Gasteiger partial charge is 0.241 e. The predicted octanol–water partition coefficient (Wildman–Crippen LogP) is 1.82. The van der Waals surface area contributed by atoms with Crippen molar-refractivity contribution in [2.75, 3.05) is 25.9 Å². The molecule has 23 heavy (non-hydrogen) atoms. The Morgan fingerprint density at radius 3 is 2.35 bits per heavy atom. The molecule has 0 saturated carbocycles. The van der Waals surface area contributed by atoms with Gasteiger partial charge in [-0.3, -0.25) is 4.79 Å². The Bertz CT molecular complexity index is 666. The Hall–Kier alpha value is -0.820. The summed E-state index contributed by atoms with van der Waals surface area (Å²) in [7, 11) is -3.50. The van der Waals surface area contributed by atoms with Gasteiger partial charge in [-0.15, -0.1) is 0 Å². The van der Waals surface area contributed by atoms with Crippen LogP contribution in [0.5, 0.6) is 0 Å². The van der Waals surface area contributed by atoms with Gasteiger partial charge >= 0.3 is 0 Å².